The smallest absolute Gasteiger partial charge is 0.244 e. The van der Waals surface area contributed by atoms with Gasteiger partial charge in [-0.15, -0.1) is 0 Å². The summed E-state index contributed by atoms with van der Waals surface area (Å²) < 4.78 is 38.4. The van der Waals surface area contributed by atoms with Crippen LogP contribution in [0.25, 0.3) is 0 Å². The van der Waals surface area contributed by atoms with Gasteiger partial charge < -0.3 is 9.47 Å². The number of sulfonamides is 1. The molecule has 0 unspecified atom stereocenters. The number of rotatable bonds is 8. The molecule has 2 aromatic rings. The van der Waals surface area contributed by atoms with Crippen molar-refractivity contribution in [3.8, 4) is 11.5 Å². The zero-order valence-corrected chi connectivity index (χ0v) is 17.3. The van der Waals surface area contributed by atoms with Gasteiger partial charge in [0.2, 0.25) is 10.0 Å². The number of benzene rings is 2. The van der Waals surface area contributed by atoms with Crippen molar-refractivity contribution in [1.29, 1.82) is 0 Å². The maximum absolute atomic E-state index is 12.7. The molecular weight excluding hydrogens is 376 g/mol. The third-order valence-corrected chi connectivity index (χ3v) is 6.43. The summed E-state index contributed by atoms with van der Waals surface area (Å²) >= 11 is 0. The van der Waals surface area contributed by atoms with E-state index in [1.165, 1.54) is 45.1 Å². The second kappa shape index (κ2) is 9.41. The largest absolute Gasteiger partial charge is 0.497 e. The number of ether oxygens (including phenoxy) is 2. The van der Waals surface area contributed by atoms with Crippen molar-refractivity contribution in [3.05, 3.63) is 53.6 Å². The summed E-state index contributed by atoms with van der Waals surface area (Å²) in [6.45, 7) is 3.48. The Morgan fingerprint density at radius 3 is 2.25 bits per heavy atom. The molecule has 0 spiro atoms. The Balaban J connectivity index is 1.64. The van der Waals surface area contributed by atoms with Crippen molar-refractivity contribution in [3.63, 3.8) is 0 Å². The zero-order chi connectivity index (χ0) is 20.0. The molecule has 1 saturated heterocycles. The van der Waals surface area contributed by atoms with Gasteiger partial charge in [-0.2, -0.15) is 0 Å². The lowest BCUT2D eigenvalue weighted by atomic mass is 10.1. The monoisotopic (exact) mass is 404 g/mol. The SMILES string of the molecule is COc1ccc(OC)c(S(=O)(=O)NCc2ccc(CN3CCCCC3)cc2)c1. The molecule has 28 heavy (non-hydrogen) atoms. The summed E-state index contributed by atoms with van der Waals surface area (Å²) in [6.07, 6.45) is 3.87. The Morgan fingerprint density at radius 1 is 0.929 bits per heavy atom. The molecule has 0 aliphatic carbocycles. The van der Waals surface area contributed by atoms with E-state index in [1.807, 2.05) is 12.1 Å². The molecule has 3 rings (SSSR count). The summed E-state index contributed by atoms with van der Waals surface area (Å²) in [5, 5.41) is 0. The summed E-state index contributed by atoms with van der Waals surface area (Å²) in [6, 6.07) is 12.8. The molecule has 1 aliphatic rings. The number of nitrogens with zero attached hydrogens (tertiary/aromatic N) is 1. The Kier molecular flexibility index (Phi) is 6.93. The topological polar surface area (TPSA) is 67.9 Å². The molecule has 0 radical (unpaired) electrons. The van der Waals surface area contributed by atoms with Crippen molar-refractivity contribution >= 4 is 10.0 Å². The minimum atomic E-state index is -3.73. The van der Waals surface area contributed by atoms with Crippen LogP contribution in [0.2, 0.25) is 0 Å². The van der Waals surface area contributed by atoms with E-state index in [0.717, 1.165) is 25.2 Å². The third kappa shape index (κ3) is 5.25. The molecule has 0 bridgehead atoms. The predicted molar refractivity (Wildman–Crippen MR) is 109 cm³/mol. The first-order valence-corrected chi connectivity index (χ1v) is 11.0. The fourth-order valence-corrected chi connectivity index (χ4v) is 4.59. The predicted octanol–water partition coefficient (Wildman–Crippen LogP) is 3.17. The maximum atomic E-state index is 12.7. The van der Waals surface area contributed by atoms with Gasteiger partial charge in [-0.25, -0.2) is 13.1 Å². The lowest BCUT2D eigenvalue weighted by Gasteiger charge is -2.26. The first kappa shape index (κ1) is 20.6. The molecule has 2 aromatic carbocycles. The minimum Gasteiger partial charge on any atom is -0.497 e. The van der Waals surface area contributed by atoms with Crippen molar-refractivity contribution in [2.45, 2.75) is 37.2 Å². The molecule has 0 saturated carbocycles. The minimum absolute atomic E-state index is 0.0658. The molecule has 0 amide bonds. The van der Waals surface area contributed by atoms with Crippen LogP contribution in [0.4, 0.5) is 0 Å². The highest BCUT2D eigenvalue weighted by atomic mass is 32.2. The van der Waals surface area contributed by atoms with E-state index in [0.29, 0.717) is 5.75 Å². The molecule has 1 heterocycles. The van der Waals surface area contributed by atoms with Gasteiger partial charge in [-0.05, 0) is 49.2 Å². The highest BCUT2D eigenvalue weighted by Gasteiger charge is 2.20. The molecular formula is C21H28N2O4S. The van der Waals surface area contributed by atoms with Crippen LogP contribution in [-0.4, -0.2) is 40.6 Å². The molecule has 1 fully saturated rings. The molecule has 0 aromatic heterocycles. The van der Waals surface area contributed by atoms with E-state index in [2.05, 4.69) is 21.8 Å². The molecule has 1 N–H and O–H groups in total. The van der Waals surface area contributed by atoms with E-state index >= 15 is 0 Å². The summed E-state index contributed by atoms with van der Waals surface area (Å²) in [4.78, 5) is 2.53. The summed E-state index contributed by atoms with van der Waals surface area (Å²) in [7, 11) is -0.786. The van der Waals surface area contributed by atoms with Crippen molar-refractivity contribution in [2.24, 2.45) is 0 Å². The molecule has 7 heteroatoms. The Hall–Kier alpha value is -2.09. The van der Waals surface area contributed by atoms with E-state index in [-0.39, 0.29) is 17.2 Å². The van der Waals surface area contributed by atoms with Crippen LogP contribution in [0.5, 0.6) is 11.5 Å². The summed E-state index contributed by atoms with van der Waals surface area (Å²) in [5.41, 5.74) is 2.16. The van der Waals surface area contributed by atoms with Crippen LogP contribution in [0.1, 0.15) is 30.4 Å². The lowest BCUT2D eigenvalue weighted by molar-refractivity contribution is 0.221. The van der Waals surface area contributed by atoms with Crippen molar-refractivity contribution in [2.75, 3.05) is 27.3 Å². The third-order valence-electron chi connectivity index (χ3n) is 5.00. The van der Waals surface area contributed by atoms with Crippen LogP contribution in [0.15, 0.2) is 47.4 Å². The standard InChI is InChI=1S/C21H28N2O4S/c1-26-19-10-11-20(27-2)21(14-19)28(24,25)22-15-17-6-8-18(9-7-17)16-23-12-4-3-5-13-23/h6-11,14,22H,3-5,12-13,15-16H2,1-2H3. The Morgan fingerprint density at radius 2 is 1.61 bits per heavy atom. The Bertz CT molecular complexity index is 876. The van der Waals surface area contributed by atoms with Gasteiger partial charge in [0.25, 0.3) is 0 Å². The quantitative estimate of drug-likeness (QED) is 0.732. The number of hydrogen-bond donors (Lipinski definition) is 1. The van der Waals surface area contributed by atoms with Crippen LogP contribution in [0.3, 0.4) is 0 Å². The highest BCUT2D eigenvalue weighted by molar-refractivity contribution is 7.89. The Labute approximate surface area is 167 Å². The van der Waals surface area contributed by atoms with Gasteiger partial charge in [-0.1, -0.05) is 30.7 Å². The second-order valence-electron chi connectivity index (χ2n) is 6.99. The number of piperidine rings is 1. The first-order chi connectivity index (χ1) is 13.5. The molecule has 152 valence electrons. The lowest BCUT2D eigenvalue weighted by Crippen LogP contribution is -2.29. The fourth-order valence-electron chi connectivity index (χ4n) is 3.39. The van der Waals surface area contributed by atoms with Gasteiger partial charge in [0.1, 0.15) is 16.4 Å². The van der Waals surface area contributed by atoms with Crippen molar-refractivity contribution < 1.29 is 17.9 Å². The van der Waals surface area contributed by atoms with Gasteiger partial charge in [0, 0.05) is 19.2 Å². The number of hydrogen-bond acceptors (Lipinski definition) is 5. The first-order valence-electron chi connectivity index (χ1n) is 9.54. The van der Waals surface area contributed by atoms with E-state index in [9.17, 15) is 8.42 Å². The zero-order valence-electron chi connectivity index (χ0n) is 16.5. The average molecular weight is 405 g/mol. The second-order valence-corrected chi connectivity index (χ2v) is 8.73. The number of methoxy groups -OCH3 is 2. The van der Waals surface area contributed by atoms with Crippen LogP contribution in [-0.2, 0) is 23.1 Å². The van der Waals surface area contributed by atoms with Crippen molar-refractivity contribution in [1.82, 2.24) is 9.62 Å². The molecule has 0 atom stereocenters. The van der Waals surface area contributed by atoms with Gasteiger partial charge in [-0.3, -0.25) is 4.90 Å². The van der Waals surface area contributed by atoms with E-state index < -0.39 is 10.0 Å². The van der Waals surface area contributed by atoms with Crippen LogP contribution in [0, 0.1) is 0 Å². The average Bonchev–Trinajstić information content (AvgIpc) is 2.73. The normalized spacial score (nSPS) is 15.4. The number of likely N-dealkylation sites (tertiary alicyclic amines) is 1. The van der Waals surface area contributed by atoms with Crippen LogP contribution < -0.4 is 14.2 Å². The van der Waals surface area contributed by atoms with Gasteiger partial charge in [0.05, 0.1) is 14.2 Å². The van der Waals surface area contributed by atoms with Crippen LogP contribution >= 0.6 is 0 Å². The maximum Gasteiger partial charge on any atom is 0.244 e. The van der Waals surface area contributed by atoms with Gasteiger partial charge >= 0.3 is 0 Å². The highest BCUT2D eigenvalue weighted by Crippen LogP contribution is 2.28. The van der Waals surface area contributed by atoms with E-state index in [1.54, 1.807) is 12.1 Å². The number of nitrogens with one attached hydrogen (secondary N) is 1. The summed E-state index contributed by atoms with van der Waals surface area (Å²) in [5.74, 6) is 0.744. The fraction of sp³-hybridized carbons (Fsp3) is 0.429. The van der Waals surface area contributed by atoms with E-state index in [4.69, 9.17) is 9.47 Å². The molecule has 1 aliphatic heterocycles. The van der Waals surface area contributed by atoms with Gasteiger partial charge in [0.15, 0.2) is 0 Å². The molecule has 6 nitrogen and oxygen atoms in total.